The van der Waals surface area contributed by atoms with Crippen LogP contribution in [0.25, 0.3) is 0 Å². The van der Waals surface area contributed by atoms with Crippen LogP contribution in [-0.4, -0.2) is 64.9 Å². The summed E-state index contributed by atoms with van der Waals surface area (Å²) in [7, 11) is -1.58. The third-order valence-corrected chi connectivity index (χ3v) is 7.54. The zero-order valence-electron chi connectivity index (χ0n) is 26.2. The van der Waals surface area contributed by atoms with Crippen molar-refractivity contribution in [2.45, 2.75) is 152 Å². The van der Waals surface area contributed by atoms with Crippen LogP contribution in [0.15, 0.2) is 12.3 Å². The Morgan fingerprint density at radius 2 is 1.12 bits per heavy atom. The van der Waals surface area contributed by atoms with Gasteiger partial charge in [0.2, 0.25) is 0 Å². The molecule has 0 rings (SSSR count). The van der Waals surface area contributed by atoms with Gasteiger partial charge in [-0.1, -0.05) is 99.0 Å². The molecular formula is C26H76O2Si6. The van der Waals surface area contributed by atoms with Crippen molar-refractivity contribution in [3.63, 3.8) is 0 Å². The molecule has 0 saturated heterocycles. The number of Topliss-reactive ketones (excluding diaryl/α,β-unsaturated/α-hetero) is 1. The quantitative estimate of drug-likeness (QED) is 0.290. The van der Waals surface area contributed by atoms with Crippen LogP contribution in [0, 0.1) is 0 Å². The van der Waals surface area contributed by atoms with Gasteiger partial charge in [-0.2, -0.15) is 0 Å². The standard InChI is InChI=1S/C6H16OSi.C6H18Si2.C3H6O.2C3H10Si.C3H8Si.2CH4/c1-6(2)7-8(3,4)5;1-7-5-6-8(2,3)4;1-3(2)4;2*1-4(2)3;1-3-4-2;;/h6H,1-5H3;5-7H2,1-4H3;1-2H3;2*4H,1-3H3;3H,1,4H2,2H3;2*1H4. The summed E-state index contributed by atoms with van der Waals surface area (Å²) >= 11 is 0. The van der Waals surface area contributed by atoms with Crippen LogP contribution >= 0.6 is 0 Å². The number of ketones is 1. The van der Waals surface area contributed by atoms with Crippen molar-refractivity contribution in [3.05, 3.63) is 12.3 Å². The molecular weight excluding hydrogens is 513 g/mol. The Labute approximate surface area is 231 Å². The summed E-state index contributed by atoms with van der Waals surface area (Å²) < 4.78 is 5.58. The lowest BCUT2D eigenvalue weighted by molar-refractivity contribution is -0.115. The lowest BCUT2D eigenvalue weighted by atomic mass is 10.5. The van der Waals surface area contributed by atoms with Crippen molar-refractivity contribution in [2.75, 3.05) is 0 Å². The molecule has 0 N–H and O–H groups in total. The highest BCUT2D eigenvalue weighted by atomic mass is 28.4. The van der Waals surface area contributed by atoms with Crippen molar-refractivity contribution >= 4 is 58.8 Å². The highest BCUT2D eigenvalue weighted by molar-refractivity contribution is 6.76. The van der Waals surface area contributed by atoms with E-state index in [1.54, 1.807) is 12.1 Å². The molecule has 2 nitrogen and oxygen atoms in total. The van der Waals surface area contributed by atoms with Gasteiger partial charge in [0, 0.05) is 50.8 Å². The summed E-state index contributed by atoms with van der Waals surface area (Å²) in [6, 6.07) is 3.14. The molecule has 0 fully saturated rings. The smallest absolute Gasteiger partial charge is 0.184 e. The van der Waals surface area contributed by atoms with Gasteiger partial charge >= 0.3 is 0 Å². The highest BCUT2D eigenvalue weighted by Crippen LogP contribution is 2.10. The van der Waals surface area contributed by atoms with Crippen LogP contribution in [0.1, 0.15) is 42.5 Å². The van der Waals surface area contributed by atoms with E-state index in [0.717, 1.165) is 0 Å². The van der Waals surface area contributed by atoms with E-state index in [2.05, 4.69) is 112 Å². The minimum absolute atomic E-state index is 0. The van der Waals surface area contributed by atoms with Gasteiger partial charge in [-0.25, -0.2) is 0 Å². The summed E-state index contributed by atoms with van der Waals surface area (Å²) in [5.74, 6) is 0.167. The van der Waals surface area contributed by atoms with E-state index < -0.39 is 16.4 Å². The third-order valence-electron chi connectivity index (χ3n) is 2.16. The monoisotopic (exact) mass is 588 g/mol. The molecule has 0 heterocycles. The third kappa shape index (κ3) is 241. The van der Waals surface area contributed by atoms with Crippen molar-refractivity contribution in [1.82, 2.24) is 0 Å². The fourth-order valence-corrected chi connectivity index (χ4v) is 8.49. The van der Waals surface area contributed by atoms with Crippen LogP contribution in [0.3, 0.4) is 0 Å². The molecule has 34 heavy (non-hydrogen) atoms. The van der Waals surface area contributed by atoms with Gasteiger partial charge in [-0.15, -0.1) is 12.3 Å². The zero-order valence-corrected chi connectivity index (χ0v) is 33.3. The van der Waals surface area contributed by atoms with Crippen molar-refractivity contribution < 1.29 is 9.22 Å². The largest absolute Gasteiger partial charge is 0.415 e. The molecule has 0 spiro atoms. The normalized spacial score (nSPS) is 10.1. The summed E-state index contributed by atoms with van der Waals surface area (Å²) in [5, 5.41) is 0. The number of hydrogen-bond donors (Lipinski definition) is 0. The van der Waals surface area contributed by atoms with Crippen LogP contribution < -0.4 is 0 Å². The van der Waals surface area contributed by atoms with Crippen LogP contribution in [0.2, 0.25) is 104 Å². The first kappa shape index (κ1) is 55.3. The van der Waals surface area contributed by atoms with E-state index >= 15 is 0 Å². The second-order valence-electron chi connectivity index (χ2n) is 12.0. The van der Waals surface area contributed by atoms with Crippen LogP contribution in [0.5, 0.6) is 0 Å². The van der Waals surface area contributed by atoms with E-state index in [9.17, 15) is 4.79 Å². The maximum Gasteiger partial charge on any atom is 0.184 e. The van der Waals surface area contributed by atoms with Gasteiger partial charge < -0.3 is 9.22 Å². The van der Waals surface area contributed by atoms with Gasteiger partial charge in [0.1, 0.15) is 5.78 Å². The Morgan fingerprint density at radius 1 is 0.882 bits per heavy atom. The first-order chi connectivity index (χ1) is 14.1. The second kappa shape index (κ2) is 38.2. The van der Waals surface area contributed by atoms with E-state index in [-0.39, 0.29) is 47.7 Å². The molecule has 0 amide bonds. The lowest BCUT2D eigenvalue weighted by Crippen LogP contribution is -2.28. The van der Waals surface area contributed by atoms with Crippen molar-refractivity contribution in [1.29, 1.82) is 0 Å². The molecule has 0 aromatic rings. The fourth-order valence-electron chi connectivity index (χ4n) is 1.41. The van der Waals surface area contributed by atoms with E-state index in [0.29, 0.717) is 15.6 Å². The average molecular weight is 589 g/mol. The molecule has 0 radical (unpaired) electrons. The molecule has 0 aromatic carbocycles. The summed E-state index contributed by atoms with van der Waals surface area (Å²) in [5.41, 5.74) is 2.01. The molecule has 0 saturated carbocycles. The van der Waals surface area contributed by atoms with Gasteiger partial charge in [-0.3, -0.25) is 0 Å². The zero-order chi connectivity index (χ0) is 27.6. The molecule has 0 aliphatic heterocycles. The topological polar surface area (TPSA) is 26.3 Å². The molecule has 8 heteroatoms. The lowest BCUT2D eigenvalue weighted by Gasteiger charge is -2.19. The Kier molecular flexibility index (Phi) is 62.1. The molecule has 0 aliphatic carbocycles. The van der Waals surface area contributed by atoms with Gasteiger partial charge in [-0.05, 0) is 47.3 Å². The summed E-state index contributed by atoms with van der Waals surface area (Å²) in [6.07, 6.45) is 0.404. The first-order valence-corrected chi connectivity index (χ1v) is 31.5. The van der Waals surface area contributed by atoms with Gasteiger partial charge in [0.15, 0.2) is 8.32 Å². The molecule has 0 atom stereocenters. The summed E-state index contributed by atoms with van der Waals surface area (Å²) in [4.78, 5) is 9.44. The molecule has 0 unspecified atom stereocenters. The number of rotatable bonds is 6. The predicted octanol–water partition coefficient (Wildman–Crippen LogP) is 8.63. The fraction of sp³-hybridized carbons (Fsp3) is 0.885. The van der Waals surface area contributed by atoms with E-state index in [4.69, 9.17) is 4.43 Å². The Bertz CT molecular complexity index is 346. The number of hydrogen-bond acceptors (Lipinski definition) is 2. The second-order valence-corrected chi connectivity index (χ2v) is 32.1. The molecule has 216 valence electrons. The Morgan fingerprint density at radius 3 is 1.15 bits per heavy atom. The maximum absolute atomic E-state index is 9.44. The minimum Gasteiger partial charge on any atom is -0.415 e. The maximum atomic E-state index is 9.44. The number of carbonyl (C=O) groups is 1. The highest BCUT2D eigenvalue weighted by Gasteiger charge is 2.14. The molecule has 0 aromatic heterocycles. The van der Waals surface area contributed by atoms with Crippen LogP contribution in [0.4, 0.5) is 0 Å². The van der Waals surface area contributed by atoms with Gasteiger partial charge in [0.05, 0.1) is 0 Å². The Balaban J connectivity index is -0.0000000407. The predicted molar refractivity (Wildman–Crippen MR) is 191 cm³/mol. The Hall–Kier alpha value is 0.671. The van der Waals surface area contributed by atoms with Crippen LogP contribution in [-0.2, 0) is 9.22 Å². The average Bonchev–Trinajstić information content (AvgIpc) is 2.49. The summed E-state index contributed by atoms with van der Waals surface area (Å²) in [6.45, 7) is 43.2. The molecule has 0 bridgehead atoms. The van der Waals surface area contributed by atoms with E-state index in [1.807, 2.05) is 5.70 Å². The van der Waals surface area contributed by atoms with Crippen molar-refractivity contribution in [2.24, 2.45) is 0 Å². The van der Waals surface area contributed by atoms with Crippen molar-refractivity contribution in [3.8, 4) is 0 Å². The molecule has 0 aliphatic rings. The first-order valence-electron chi connectivity index (χ1n) is 12.8. The van der Waals surface area contributed by atoms with Gasteiger partial charge in [0.25, 0.3) is 0 Å². The van der Waals surface area contributed by atoms with E-state index in [1.165, 1.54) is 13.8 Å². The SMILES string of the molecule is C.C.C=C[SiH2]C.CC(C)=O.CC(C)O[Si](C)(C)C.C[SiH2]CC[Si](C)(C)C.C[SiH](C)C.C[SiH](C)C. The number of carbonyl (C=O) groups excluding carboxylic acids is 1. The minimum atomic E-state index is -1.22.